The number of hydrogen-bond donors (Lipinski definition) is 4. The Balaban J connectivity index is 0.732. The lowest BCUT2D eigenvalue weighted by Crippen LogP contribution is -2.60. The molecule has 8 aliphatic rings. The predicted molar refractivity (Wildman–Crippen MR) is 427 cm³/mol. The van der Waals surface area contributed by atoms with Gasteiger partial charge >= 0.3 is 31.2 Å². The third-order valence-corrected chi connectivity index (χ3v) is 24.8. The molecule has 124 heavy (non-hydrogen) atoms. The highest BCUT2D eigenvalue weighted by molar-refractivity contribution is 7.81. The molecule has 0 aliphatic carbocycles. The van der Waals surface area contributed by atoms with Crippen molar-refractivity contribution in [3.8, 4) is 0 Å². The number of rotatable bonds is 40. The monoisotopic (exact) mass is 1810 g/mol. The number of azide groups is 3. The number of aliphatic hydroxyl groups excluding tert-OH is 1. The molecule has 0 radical (unpaired) electrons. The van der Waals surface area contributed by atoms with Gasteiger partial charge in [0.2, 0.25) is 0 Å². The van der Waals surface area contributed by atoms with Gasteiger partial charge in [0, 0.05) is 59.4 Å². The number of nitrogens with zero attached hydrogens (tertiary/aromatic N) is 9. The zero-order chi connectivity index (χ0) is 88.2. The first-order chi connectivity index (χ1) is 59.5. The number of benzene rings is 4. The first-order valence-electron chi connectivity index (χ1n) is 40.9. The van der Waals surface area contributed by atoms with Crippen LogP contribution in [0.1, 0.15) is 89.5 Å². The molecule has 0 amide bonds. The molecule has 0 spiro atoms. The molecule has 32 atom stereocenters. The van der Waals surface area contributed by atoms with Gasteiger partial charge in [-0.2, -0.15) is 25.3 Å². The summed E-state index contributed by atoms with van der Waals surface area (Å²) in [5.74, 6) is -3.24. The maximum Gasteiger partial charge on any atom is 0.397 e. The van der Waals surface area contributed by atoms with Gasteiger partial charge in [-0.25, -0.2) is 12.5 Å². The standard InChI is InChI=1S/C79H109N9O33S3/c1-44-33-104-65(28-54(44)100-34-50-20-12-8-13-21-50)120-74-48(5)70(84-87-81)78(116-63(74)42-109-123(93,94)95)114-61-40-107-68(31-57(61)103-37-53-26-18-11-19-27-53)121-75-49(6)71(85-88-82)79(117-64(75)43-110-124(96,97)98)113-60-39-106-67(30-56(60)102-36-52-24-16-10-17-25-52)119-73-47(4)69(83-86-80)77(111-58(73)32-89)112-59-38-105-66(29-55(59)101-35-51-22-14-9-15-23-51)118-72-45(2)46(3)76(99-7)115-62(72)41-108-122(90,91)92/h8-27,44-49,54-79,89H,28-43H2,1-7H3,(H,90,91,92)(H,93,94,95)(H,96,97,98)/t44-,45-,46?,47-,48-,49-,54+,55+,56+,57+,58?,59?,60-,61-,62?,63?,64?,65+,66+,67+,68+,69?,70?,71?,72+,73+,74+,75+,76+,77+,78-,79-/m1/s1. The highest BCUT2D eigenvalue weighted by Gasteiger charge is 2.55. The molecule has 4 aromatic rings. The molecule has 8 fully saturated rings. The lowest BCUT2D eigenvalue weighted by atomic mass is 9.84. The Morgan fingerprint density at radius 3 is 0.935 bits per heavy atom. The van der Waals surface area contributed by atoms with Crippen molar-refractivity contribution in [1.82, 2.24) is 0 Å². The van der Waals surface area contributed by atoms with Crippen LogP contribution in [0.15, 0.2) is 137 Å². The fraction of sp³-hybridized carbons (Fsp3) is 0.696. The second-order valence-corrected chi connectivity index (χ2v) is 35.1. The van der Waals surface area contributed by atoms with Crippen LogP contribution in [-0.4, -0.2) is 264 Å². The summed E-state index contributed by atoms with van der Waals surface area (Å²) in [6.07, 6.45) is -25.1. The summed E-state index contributed by atoms with van der Waals surface area (Å²) in [4.78, 5) is 9.47. The van der Waals surface area contributed by atoms with E-state index in [1.54, 1.807) is 20.8 Å². The third kappa shape index (κ3) is 27.1. The smallest absolute Gasteiger partial charge is 0.394 e. The van der Waals surface area contributed by atoms with Crippen LogP contribution in [0.4, 0.5) is 0 Å². The lowest BCUT2D eigenvalue weighted by molar-refractivity contribution is -0.347. The Labute approximate surface area is 718 Å². The molecule has 12 rings (SSSR count). The average molecular weight is 1810 g/mol. The minimum Gasteiger partial charge on any atom is -0.394 e. The SMILES string of the molecule is CO[C@H]1OC(COS(=O)(=O)O)[C@@H](O[C@H]2C[C@H](OCc3ccccc3)C(O[C@@H]3OC(CO)[C@@H](O[C@H]4C[C@H](OCc5ccccc5)[C@H](O[C@@H]5OC(COS(=O)(=O)O)[C@@H](O[C@H]6C[C@H](OCc7ccccc7)[C@H](O[C@@H]7OC(COS(=O)(=O)O)[C@@H](O[C@H]8C[C@H](OCc9ccccc9)[C@H](C)CO8)[C@H](C)C7N=[N+]=[N-])CO6)[C@H](C)C5N=[N+]=[N-])CO4)[C@H](C)C3N=[N+]=[N-])CO2)[C@H](C)C1C. The molecule has 0 saturated carbocycles. The minimum absolute atomic E-state index is 0.00533. The van der Waals surface area contributed by atoms with Crippen LogP contribution < -0.4 is 0 Å². The van der Waals surface area contributed by atoms with E-state index < -0.39 is 229 Å². The first-order valence-corrected chi connectivity index (χ1v) is 45.0. The Hall–Kier alpha value is -6.42. The van der Waals surface area contributed by atoms with E-state index in [0.717, 1.165) is 22.3 Å². The number of methoxy groups -OCH3 is 1. The molecule has 8 heterocycles. The minimum atomic E-state index is -5.19. The van der Waals surface area contributed by atoms with E-state index in [9.17, 15) is 60.6 Å². The summed E-state index contributed by atoms with van der Waals surface area (Å²) >= 11 is 0. The summed E-state index contributed by atoms with van der Waals surface area (Å²) in [6, 6.07) is 33.5. The van der Waals surface area contributed by atoms with E-state index >= 15 is 0 Å². The van der Waals surface area contributed by atoms with Gasteiger partial charge in [-0.15, -0.1) is 0 Å². The normalized spacial score (nSPS) is 36.9. The molecular weight excluding hydrogens is 1700 g/mol. The summed E-state index contributed by atoms with van der Waals surface area (Å²) < 4.78 is 247. The van der Waals surface area contributed by atoms with Gasteiger partial charge < -0.3 is 99.8 Å². The van der Waals surface area contributed by atoms with Gasteiger partial charge in [-0.1, -0.05) is 178 Å². The maximum absolute atomic E-state index is 12.5. The third-order valence-electron chi connectivity index (χ3n) is 23.4. The Bertz CT molecular complexity index is 4480. The molecule has 686 valence electrons. The van der Waals surface area contributed by atoms with Crippen molar-refractivity contribution in [2.75, 3.05) is 60.0 Å². The number of aliphatic hydroxyl groups is 1. The van der Waals surface area contributed by atoms with Crippen LogP contribution in [0.3, 0.4) is 0 Å². The molecule has 4 N–H and O–H groups in total. The predicted octanol–water partition coefficient (Wildman–Crippen LogP) is 8.86. The maximum atomic E-state index is 12.5. The Kier molecular flexibility index (Phi) is 35.6. The van der Waals surface area contributed by atoms with E-state index in [1.807, 2.05) is 142 Å². The fourth-order valence-corrected chi connectivity index (χ4v) is 17.5. The van der Waals surface area contributed by atoms with Gasteiger partial charge in [0.15, 0.2) is 50.3 Å². The van der Waals surface area contributed by atoms with Gasteiger partial charge in [0.1, 0.15) is 42.7 Å². The topological polar surface area (TPSA) is 542 Å². The highest BCUT2D eigenvalue weighted by Crippen LogP contribution is 2.43. The Morgan fingerprint density at radius 2 is 0.637 bits per heavy atom. The van der Waals surface area contributed by atoms with E-state index in [-0.39, 0.29) is 95.8 Å². The van der Waals surface area contributed by atoms with E-state index in [2.05, 4.69) is 30.1 Å². The van der Waals surface area contributed by atoms with Crippen molar-refractivity contribution in [3.05, 3.63) is 175 Å². The summed E-state index contributed by atoms with van der Waals surface area (Å²) in [5, 5.41) is 23.6. The van der Waals surface area contributed by atoms with E-state index in [1.165, 1.54) is 7.11 Å². The molecule has 9 unspecified atom stereocenters. The molecule has 8 aliphatic heterocycles. The lowest BCUT2D eigenvalue weighted by Gasteiger charge is -2.49. The van der Waals surface area contributed by atoms with Crippen molar-refractivity contribution in [3.63, 3.8) is 0 Å². The van der Waals surface area contributed by atoms with Crippen LogP contribution in [-0.2, 0) is 165 Å². The van der Waals surface area contributed by atoms with Crippen molar-refractivity contribution in [1.29, 1.82) is 0 Å². The number of hydrogen-bond acceptors (Lipinski definition) is 33. The van der Waals surface area contributed by atoms with Crippen molar-refractivity contribution < 1.29 is 151 Å². The van der Waals surface area contributed by atoms with E-state index in [4.69, 9.17) is 107 Å². The zero-order valence-electron chi connectivity index (χ0n) is 69.2. The van der Waals surface area contributed by atoms with Crippen LogP contribution in [0, 0.1) is 35.5 Å². The Morgan fingerprint density at radius 1 is 0.363 bits per heavy atom. The second-order valence-electron chi connectivity index (χ2n) is 31.8. The molecule has 4 aromatic carbocycles. The van der Waals surface area contributed by atoms with Crippen molar-refractivity contribution in [2.24, 2.45) is 50.9 Å². The zero-order valence-corrected chi connectivity index (χ0v) is 71.7. The van der Waals surface area contributed by atoms with Crippen molar-refractivity contribution >= 4 is 31.2 Å². The summed E-state index contributed by atoms with van der Waals surface area (Å²) in [5.41, 5.74) is 33.8. The second kappa shape index (κ2) is 45.7. The fourth-order valence-electron chi connectivity index (χ4n) is 16.6. The van der Waals surface area contributed by atoms with Crippen LogP contribution in [0.2, 0.25) is 0 Å². The molecule has 45 heteroatoms. The van der Waals surface area contributed by atoms with E-state index in [0.29, 0.717) is 6.61 Å². The molecule has 42 nitrogen and oxygen atoms in total. The average Bonchev–Trinajstić information content (AvgIpc) is 0.778. The van der Waals surface area contributed by atoms with Gasteiger partial charge in [-0.3, -0.25) is 13.7 Å². The van der Waals surface area contributed by atoms with Gasteiger partial charge in [0.25, 0.3) is 0 Å². The summed E-state index contributed by atoms with van der Waals surface area (Å²) in [6.45, 7) is 7.63. The number of ether oxygens (including phenoxy) is 20. The van der Waals surface area contributed by atoms with Gasteiger partial charge in [-0.05, 0) is 62.5 Å². The van der Waals surface area contributed by atoms with Crippen molar-refractivity contribution in [2.45, 2.75) is 254 Å². The van der Waals surface area contributed by atoms with Crippen LogP contribution in [0.25, 0.3) is 31.3 Å². The largest absolute Gasteiger partial charge is 0.397 e. The molecule has 0 aromatic heterocycles. The molecule has 0 bridgehead atoms. The molecule has 8 saturated heterocycles. The molecular formula is C79H109N9O33S3. The first kappa shape index (κ1) is 96.7. The quantitative estimate of drug-likeness (QED) is 0.0140. The summed E-state index contributed by atoms with van der Waals surface area (Å²) in [7, 11) is -13.7. The van der Waals surface area contributed by atoms with Gasteiger partial charge in [0.05, 0.1) is 146 Å². The van der Waals surface area contributed by atoms with Crippen LogP contribution in [0.5, 0.6) is 0 Å². The highest BCUT2D eigenvalue weighted by atomic mass is 32.3. The van der Waals surface area contributed by atoms with Crippen LogP contribution >= 0.6 is 0 Å².